The number of imidazole rings is 1. The second-order valence-electron chi connectivity index (χ2n) is 7.47. The fourth-order valence-corrected chi connectivity index (χ4v) is 3.95. The zero-order valence-corrected chi connectivity index (χ0v) is 16.5. The lowest BCUT2D eigenvalue weighted by atomic mass is 10.1. The van der Waals surface area contributed by atoms with E-state index in [9.17, 15) is 9.18 Å². The second-order valence-corrected chi connectivity index (χ2v) is 7.47. The molecule has 1 aliphatic heterocycles. The molecule has 1 fully saturated rings. The summed E-state index contributed by atoms with van der Waals surface area (Å²) in [4.78, 5) is 25.0. The van der Waals surface area contributed by atoms with Gasteiger partial charge in [-0.15, -0.1) is 0 Å². The number of hydrogen-bond acceptors (Lipinski definition) is 3. The highest BCUT2D eigenvalue weighted by atomic mass is 19.1. The maximum absolute atomic E-state index is 14.6. The van der Waals surface area contributed by atoms with Crippen LogP contribution in [0.5, 0.6) is 0 Å². The van der Waals surface area contributed by atoms with Crippen LogP contribution in [0.3, 0.4) is 0 Å². The second kappa shape index (κ2) is 7.67. The molecule has 152 valence electrons. The van der Waals surface area contributed by atoms with Gasteiger partial charge in [-0.25, -0.2) is 9.37 Å². The Balaban J connectivity index is 1.30. The van der Waals surface area contributed by atoms with Crippen LogP contribution in [0, 0.1) is 5.82 Å². The van der Waals surface area contributed by atoms with Gasteiger partial charge < -0.3 is 19.4 Å². The average molecular weight is 403 g/mol. The van der Waals surface area contributed by atoms with Crippen LogP contribution in [-0.2, 0) is 0 Å². The van der Waals surface area contributed by atoms with E-state index in [2.05, 4.69) is 14.9 Å². The van der Waals surface area contributed by atoms with Gasteiger partial charge in [0.05, 0.1) is 16.7 Å². The van der Waals surface area contributed by atoms with E-state index in [1.165, 1.54) is 6.07 Å². The number of H-pyrrole nitrogens is 1. The lowest BCUT2D eigenvalue weighted by molar-refractivity contribution is 0.0766. The molecule has 0 unspecified atom stereocenters. The summed E-state index contributed by atoms with van der Waals surface area (Å²) in [6.07, 6.45) is 4.38. The van der Waals surface area contributed by atoms with Crippen LogP contribution in [0.25, 0.3) is 16.7 Å². The van der Waals surface area contributed by atoms with Crippen molar-refractivity contribution in [3.8, 4) is 5.69 Å². The number of nitrogens with one attached hydrogen (secondary N) is 1. The molecule has 1 amide bonds. The Labute approximate surface area is 173 Å². The lowest BCUT2D eigenvalue weighted by Gasteiger charge is -2.22. The SMILES string of the molecule is O=C(c1ccc(-n2cccc2)c(F)c1)N1CCCN(c2nc3ccccc3[nH]2)CC1. The van der Waals surface area contributed by atoms with Crippen molar-refractivity contribution < 1.29 is 9.18 Å². The summed E-state index contributed by atoms with van der Waals surface area (Å²) in [5, 5.41) is 0. The van der Waals surface area contributed by atoms with Gasteiger partial charge in [-0.2, -0.15) is 0 Å². The molecule has 0 spiro atoms. The molecule has 1 saturated heterocycles. The van der Waals surface area contributed by atoms with Crippen LogP contribution in [0.1, 0.15) is 16.8 Å². The number of halogens is 1. The molecule has 1 aliphatic rings. The number of carbonyl (C=O) groups is 1. The van der Waals surface area contributed by atoms with E-state index in [1.54, 1.807) is 34.0 Å². The van der Waals surface area contributed by atoms with Gasteiger partial charge in [0, 0.05) is 44.1 Å². The standard InChI is InChI=1S/C23H22FN5O/c24-18-16-17(8-9-21(18)27-10-3-4-11-27)22(30)28-12-5-13-29(15-14-28)23-25-19-6-1-2-7-20(19)26-23/h1-4,6-11,16H,5,12-15H2,(H,25,26). The first-order chi connectivity index (χ1) is 14.7. The molecule has 6 nitrogen and oxygen atoms in total. The molecule has 1 N–H and O–H groups in total. The van der Waals surface area contributed by atoms with Crippen molar-refractivity contribution in [1.29, 1.82) is 0 Å². The summed E-state index contributed by atoms with van der Waals surface area (Å²) >= 11 is 0. The molecule has 0 aliphatic carbocycles. The summed E-state index contributed by atoms with van der Waals surface area (Å²) in [5.41, 5.74) is 2.75. The molecule has 5 rings (SSSR count). The fourth-order valence-electron chi connectivity index (χ4n) is 3.95. The molecule has 7 heteroatoms. The van der Waals surface area contributed by atoms with E-state index in [1.807, 2.05) is 36.4 Å². The largest absolute Gasteiger partial charge is 0.341 e. The number of aromatic nitrogens is 3. The number of rotatable bonds is 3. The first kappa shape index (κ1) is 18.4. The van der Waals surface area contributed by atoms with Gasteiger partial charge in [-0.3, -0.25) is 4.79 Å². The van der Waals surface area contributed by atoms with Crippen LogP contribution in [-0.4, -0.2) is 51.5 Å². The molecular weight excluding hydrogens is 381 g/mol. The number of hydrogen-bond donors (Lipinski definition) is 1. The Hall–Kier alpha value is -3.61. The zero-order chi connectivity index (χ0) is 20.5. The van der Waals surface area contributed by atoms with Crippen molar-refractivity contribution in [1.82, 2.24) is 19.4 Å². The van der Waals surface area contributed by atoms with Crippen LogP contribution >= 0.6 is 0 Å². The van der Waals surface area contributed by atoms with Crippen molar-refractivity contribution in [3.05, 3.63) is 78.4 Å². The maximum atomic E-state index is 14.6. The first-order valence-electron chi connectivity index (χ1n) is 10.1. The number of fused-ring (bicyclic) bond motifs is 1. The predicted molar refractivity (Wildman–Crippen MR) is 115 cm³/mol. The molecule has 0 atom stereocenters. The Kier molecular flexibility index (Phi) is 4.71. The quantitative estimate of drug-likeness (QED) is 0.565. The minimum Gasteiger partial charge on any atom is -0.341 e. The molecule has 0 radical (unpaired) electrons. The van der Waals surface area contributed by atoms with Gasteiger partial charge in [0.2, 0.25) is 5.95 Å². The van der Waals surface area contributed by atoms with Gasteiger partial charge >= 0.3 is 0 Å². The van der Waals surface area contributed by atoms with Gasteiger partial charge in [-0.05, 0) is 48.9 Å². The fraction of sp³-hybridized carbons (Fsp3) is 0.217. The Bertz CT molecular complexity index is 1150. The molecule has 0 saturated carbocycles. The molecule has 30 heavy (non-hydrogen) atoms. The number of amides is 1. The zero-order valence-electron chi connectivity index (χ0n) is 16.5. The van der Waals surface area contributed by atoms with E-state index >= 15 is 0 Å². The van der Waals surface area contributed by atoms with Gasteiger partial charge in [-0.1, -0.05) is 12.1 Å². The summed E-state index contributed by atoms with van der Waals surface area (Å²) in [5.74, 6) is 0.280. The third-order valence-corrected chi connectivity index (χ3v) is 5.54. The highest BCUT2D eigenvalue weighted by Gasteiger charge is 2.22. The minimum atomic E-state index is -0.407. The van der Waals surface area contributed by atoms with Crippen molar-refractivity contribution in [3.63, 3.8) is 0 Å². The van der Waals surface area contributed by atoms with E-state index < -0.39 is 5.82 Å². The van der Waals surface area contributed by atoms with Crippen molar-refractivity contribution >= 4 is 22.9 Å². The minimum absolute atomic E-state index is 0.139. The molecule has 0 bridgehead atoms. The first-order valence-corrected chi connectivity index (χ1v) is 10.1. The number of nitrogens with zero attached hydrogens (tertiary/aromatic N) is 4. The Morgan fingerprint density at radius 2 is 1.80 bits per heavy atom. The topological polar surface area (TPSA) is 57.2 Å². The van der Waals surface area contributed by atoms with Gasteiger partial charge in [0.25, 0.3) is 5.91 Å². The van der Waals surface area contributed by atoms with Crippen molar-refractivity contribution in [2.75, 3.05) is 31.1 Å². The van der Waals surface area contributed by atoms with E-state index in [4.69, 9.17) is 0 Å². The average Bonchev–Trinajstić information content (AvgIpc) is 3.38. The maximum Gasteiger partial charge on any atom is 0.254 e. The lowest BCUT2D eigenvalue weighted by Crippen LogP contribution is -2.35. The summed E-state index contributed by atoms with van der Waals surface area (Å²) < 4.78 is 16.3. The predicted octanol–water partition coefficient (Wildman–Crippen LogP) is 3.85. The molecular formula is C23H22FN5O. The number of benzene rings is 2. The highest BCUT2D eigenvalue weighted by Crippen LogP contribution is 2.20. The number of anilines is 1. The van der Waals surface area contributed by atoms with Gasteiger partial charge in [0.15, 0.2) is 0 Å². The van der Waals surface area contributed by atoms with Crippen molar-refractivity contribution in [2.24, 2.45) is 0 Å². The summed E-state index contributed by atoms with van der Waals surface area (Å²) in [6.45, 7) is 2.69. The van der Waals surface area contributed by atoms with E-state index in [0.717, 1.165) is 29.9 Å². The molecule has 3 heterocycles. The Morgan fingerprint density at radius 1 is 0.967 bits per heavy atom. The monoisotopic (exact) mass is 403 g/mol. The van der Waals surface area contributed by atoms with E-state index in [0.29, 0.717) is 30.9 Å². The van der Waals surface area contributed by atoms with Crippen LogP contribution < -0.4 is 4.90 Å². The molecule has 2 aromatic carbocycles. The summed E-state index contributed by atoms with van der Waals surface area (Å²) in [7, 11) is 0. The van der Waals surface area contributed by atoms with Gasteiger partial charge in [0.1, 0.15) is 5.82 Å². The number of para-hydroxylation sites is 2. The van der Waals surface area contributed by atoms with Crippen LogP contribution in [0.2, 0.25) is 0 Å². The normalized spacial score (nSPS) is 14.8. The summed E-state index contributed by atoms with van der Waals surface area (Å²) in [6, 6.07) is 16.3. The smallest absolute Gasteiger partial charge is 0.254 e. The number of aromatic amines is 1. The van der Waals surface area contributed by atoms with Crippen LogP contribution in [0.4, 0.5) is 10.3 Å². The van der Waals surface area contributed by atoms with Crippen LogP contribution in [0.15, 0.2) is 67.0 Å². The highest BCUT2D eigenvalue weighted by molar-refractivity contribution is 5.94. The third-order valence-electron chi connectivity index (χ3n) is 5.54. The van der Waals surface area contributed by atoms with E-state index in [-0.39, 0.29) is 5.91 Å². The Morgan fingerprint density at radius 3 is 2.60 bits per heavy atom. The number of carbonyl (C=O) groups excluding carboxylic acids is 1. The third kappa shape index (κ3) is 3.43. The molecule has 4 aromatic rings. The molecule has 2 aromatic heterocycles. The van der Waals surface area contributed by atoms with Crippen molar-refractivity contribution in [2.45, 2.75) is 6.42 Å².